The summed E-state index contributed by atoms with van der Waals surface area (Å²) < 4.78 is 22.7. The Morgan fingerprint density at radius 1 is 1.29 bits per heavy atom. The zero-order valence-corrected chi connectivity index (χ0v) is 9.23. The number of hydrogen-bond donors (Lipinski definition) is 0. The molecule has 0 atom stereocenters. The van der Waals surface area contributed by atoms with Gasteiger partial charge in [0.05, 0.1) is 20.0 Å². The lowest BCUT2D eigenvalue weighted by atomic mass is 9.90. The highest BCUT2D eigenvalue weighted by molar-refractivity contribution is 5.89. The predicted molar refractivity (Wildman–Crippen MR) is 56.0 cm³/mol. The molecule has 4 nitrogen and oxygen atoms in total. The molecule has 90 valence electrons. The number of methoxy groups -OCH3 is 1. The van der Waals surface area contributed by atoms with Crippen molar-refractivity contribution in [2.24, 2.45) is 0 Å². The number of rotatable bonds is 2. The van der Waals surface area contributed by atoms with Crippen LogP contribution >= 0.6 is 0 Å². The van der Waals surface area contributed by atoms with Gasteiger partial charge in [-0.1, -0.05) is 0 Å². The topological polar surface area (TPSA) is 52.6 Å². The summed E-state index contributed by atoms with van der Waals surface area (Å²) in [6.45, 7) is 0. The van der Waals surface area contributed by atoms with Crippen LogP contribution in [0.15, 0.2) is 18.2 Å². The molecule has 1 heterocycles. The Morgan fingerprint density at radius 3 is 2.53 bits per heavy atom. The monoisotopic (exact) mass is 238 g/mol. The molecule has 5 heteroatoms. The van der Waals surface area contributed by atoms with Crippen LogP contribution < -0.4 is 4.74 Å². The van der Waals surface area contributed by atoms with E-state index in [4.69, 9.17) is 4.74 Å². The normalized spacial score (nSPS) is 16.8. The van der Waals surface area contributed by atoms with Gasteiger partial charge in [0.15, 0.2) is 0 Å². The van der Waals surface area contributed by atoms with Crippen LogP contribution in [0.3, 0.4) is 0 Å². The Labute approximate surface area is 97.3 Å². The summed E-state index contributed by atoms with van der Waals surface area (Å²) in [7, 11) is 1.46. The minimum Gasteiger partial charge on any atom is -0.496 e. The van der Waals surface area contributed by atoms with Crippen molar-refractivity contribution in [1.82, 2.24) is 0 Å². The first-order chi connectivity index (χ1) is 8.10. The third-order valence-electron chi connectivity index (χ3n) is 2.69. The van der Waals surface area contributed by atoms with Crippen molar-refractivity contribution in [1.29, 1.82) is 0 Å². The quantitative estimate of drug-likeness (QED) is 0.582. The molecule has 0 unspecified atom stereocenters. The molecule has 1 saturated heterocycles. The van der Waals surface area contributed by atoms with E-state index in [9.17, 15) is 14.0 Å². The molecule has 1 aliphatic heterocycles. The minimum absolute atomic E-state index is 0.0611. The van der Waals surface area contributed by atoms with Crippen LogP contribution in [0.5, 0.6) is 5.75 Å². The number of ether oxygens (including phenoxy) is 2. The highest BCUT2D eigenvalue weighted by Gasteiger charge is 2.30. The van der Waals surface area contributed by atoms with E-state index in [-0.39, 0.29) is 18.8 Å². The zero-order chi connectivity index (χ0) is 12.4. The van der Waals surface area contributed by atoms with Gasteiger partial charge in [-0.15, -0.1) is 0 Å². The third kappa shape index (κ3) is 2.43. The lowest BCUT2D eigenvalue weighted by molar-refractivity contribution is -0.163. The van der Waals surface area contributed by atoms with Crippen molar-refractivity contribution in [2.45, 2.75) is 18.8 Å². The van der Waals surface area contributed by atoms with Gasteiger partial charge >= 0.3 is 11.9 Å². The summed E-state index contributed by atoms with van der Waals surface area (Å²) in [6, 6.07) is 4.04. The van der Waals surface area contributed by atoms with Gasteiger partial charge in [0.1, 0.15) is 11.6 Å². The van der Waals surface area contributed by atoms with Gasteiger partial charge < -0.3 is 9.47 Å². The standard InChI is InChI=1S/C12H11FO4/c1-16-10-3-2-8(13)6-9(10)7-4-11(14)17-12(15)5-7/h2-3,6-7H,4-5H2,1H3. The second-order valence-electron chi connectivity index (χ2n) is 3.84. The molecule has 2 rings (SSSR count). The molecular formula is C12H11FO4. The zero-order valence-electron chi connectivity index (χ0n) is 9.23. The first-order valence-electron chi connectivity index (χ1n) is 5.17. The highest BCUT2D eigenvalue weighted by atomic mass is 19.1. The molecule has 1 aliphatic rings. The third-order valence-corrected chi connectivity index (χ3v) is 2.69. The van der Waals surface area contributed by atoms with Gasteiger partial charge in [0, 0.05) is 11.5 Å². The Morgan fingerprint density at radius 2 is 1.94 bits per heavy atom. The van der Waals surface area contributed by atoms with Crippen molar-refractivity contribution in [3.8, 4) is 5.75 Å². The summed E-state index contributed by atoms with van der Waals surface area (Å²) in [5.41, 5.74) is 0.525. The molecule has 0 aromatic heterocycles. The average molecular weight is 238 g/mol. The SMILES string of the molecule is COc1ccc(F)cc1C1CC(=O)OC(=O)C1. The van der Waals surface area contributed by atoms with E-state index >= 15 is 0 Å². The predicted octanol–water partition coefficient (Wildman–Crippen LogP) is 1.78. The second kappa shape index (κ2) is 4.53. The van der Waals surface area contributed by atoms with E-state index in [1.54, 1.807) is 0 Å². The molecular weight excluding hydrogens is 227 g/mol. The number of hydrogen-bond acceptors (Lipinski definition) is 4. The fourth-order valence-electron chi connectivity index (χ4n) is 1.93. The van der Waals surface area contributed by atoms with E-state index in [0.29, 0.717) is 11.3 Å². The fraction of sp³-hybridized carbons (Fsp3) is 0.333. The lowest BCUT2D eigenvalue weighted by Gasteiger charge is -2.21. The number of cyclic esters (lactones) is 2. The lowest BCUT2D eigenvalue weighted by Crippen LogP contribution is -2.24. The van der Waals surface area contributed by atoms with Gasteiger partial charge in [0.2, 0.25) is 0 Å². The number of esters is 2. The van der Waals surface area contributed by atoms with Crippen molar-refractivity contribution in [3.05, 3.63) is 29.6 Å². The summed E-state index contributed by atoms with van der Waals surface area (Å²) >= 11 is 0. The summed E-state index contributed by atoms with van der Waals surface area (Å²) in [4.78, 5) is 22.3. The highest BCUT2D eigenvalue weighted by Crippen LogP contribution is 2.34. The van der Waals surface area contributed by atoms with E-state index in [2.05, 4.69) is 4.74 Å². The van der Waals surface area contributed by atoms with Crippen molar-refractivity contribution < 1.29 is 23.5 Å². The van der Waals surface area contributed by atoms with Crippen LogP contribution in [0, 0.1) is 5.82 Å². The molecule has 0 amide bonds. The molecule has 17 heavy (non-hydrogen) atoms. The van der Waals surface area contributed by atoms with Gasteiger partial charge in [-0.3, -0.25) is 9.59 Å². The number of benzene rings is 1. The summed E-state index contributed by atoms with van der Waals surface area (Å²) in [5, 5.41) is 0. The Bertz CT molecular complexity index is 454. The van der Waals surface area contributed by atoms with Gasteiger partial charge in [-0.2, -0.15) is 0 Å². The first-order valence-corrected chi connectivity index (χ1v) is 5.17. The maximum Gasteiger partial charge on any atom is 0.314 e. The Kier molecular flexibility index (Phi) is 3.08. The molecule has 0 radical (unpaired) electrons. The molecule has 0 aliphatic carbocycles. The van der Waals surface area contributed by atoms with Gasteiger partial charge in [-0.05, 0) is 18.2 Å². The summed E-state index contributed by atoms with van der Waals surface area (Å²) in [5.74, 6) is -1.50. The van der Waals surface area contributed by atoms with Crippen LogP contribution in [0.2, 0.25) is 0 Å². The molecule has 1 aromatic rings. The maximum absolute atomic E-state index is 13.2. The number of carbonyl (C=O) groups is 2. The fourth-order valence-corrected chi connectivity index (χ4v) is 1.93. The van der Waals surface area contributed by atoms with Crippen molar-refractivity contribution >= 4 is 11.9 Å². The van der Waals surface area contributed by atoms with E-state index in [1.807, 2.05) is 0 Å². The van der Waals surface area contributed by atoms with E-state index in [1.165, 1.54) is 25.3 Å². The maximum atomic E-state index is 13.2. The summed E-state index contributed by atoms with van der Waals surface area (Å²) in [6.07, 6.45) is 0.122. The Hall–Kier alpha value is -1.91. The van der Waals surface area contributed by atoms with Crippen LogP contribution in [-0.4, -0.2) is 19.0 Å². The van der Waals surface area contributed by atoms with Crippen LogP contribution in [0.4, 0.5) is 4.39 Å². The van der Waals surface area contributed by atoms with Crippen LogP contribution in [0.25, 0.3) is 0 Å². The molecule has 0 spiro atoms. The van der Waals surface area contributed by atoms with Gasteiger partial charge in [0.25, 0.3) is 0 Å². The van der Waals surface area contributed by atoms with Crippen molar-refractivity contribution in [2.75, 3.05) is 7.11 Å². The smallest absolute Gasteiger partial charge is 0.314 e. The number of halogens is 1. The largest absolute Gasteiger partial charge is 0.496 e. The molecule has 1 fully saturated rings. The molecule has 0 N–H and O–H groups in total. The van der Waals surface area contributed by atoms with Crippen LogP contribution in [0.1, 0.15) is 24.3 Å². The van der Waals surface area contributed by atoms with Gasteiger partial charge in [-0.25, -0.2) is 4.39 Å². The van der Waals surface area contributed by atoms with Crippen LogP contribution in [-0.2, 0) is 14.3 Å². The molecule has 0 saturated carbocycles. The number of carbonyl (C=O) groups excluding carboxylic acids is 2. The molecule has 0 bridgehead atoms. The minimum atomic E-state index is -0.586. The Balaban J connectivity index is 2.35. The molecule has 1 aromatic carbocycles. The first kappa shape index (κ1) is 11.6. The second-order valence-corrected chi connectivity index (χ2v) is 3.84. The van der Waals surface area contributed by atoms with E-state index < -0.39 is 17.8 Å². The van der Waals surface area contributed by atoms with Crippen molar-refractivity contribution in [3.63, 3.8) is 0 Å². The van der Waals surface area contributed by atoms with E-state index in [0.717, 1.165) is 0 Å². The average Bonchev–Trinajstić information content (AvgIpc) is 2.27.